The summed E-state index contributed by atoms with van der Waals surface area (Å²) in [4.78, 5) is 15.3. The Kier molecular flexibility index (Phi) is 5.20. The molecule has 0 radical (unpaired) electrons. The molecule has 0 aliphatic carbocycles. The van der Waals surface area contributed by atoms with Gasteiger partial charge in [0.1, 0.15) is 0 Å². The number of carbonyl (C=O) groups excluding carboxylic acids is 1. The molecule has 0 N–H and O–H groups in total. The van der Waals surface area contributed by atoms with E-state index in [0.717, 1.165) is 29.9 Å². The predicted molar refractivity (Wildman–Crippen MR) is 110 cm³/mol. The topological polar surface area (TPSA) is 69.0 Å². The molecule has 1 aromatic carbocycles. The molecule has 7 nitrogen and oxygen atoms in total. The standard InChI is InChI=1S/C22H24N4O3/c1-4-8-15-13-16(14-18(28-2)20(15)29-3)22(27)25-12-7-9-17(25)21-24-23-19-10-5-6-11-26(19)21/h4-6,8,10-11,13-14,17H,7,9,12H2,1-3H3/b8-4+. The molecule has 1 saturated heterocycles. The zero-order valence-electron chi connectivity index (χ0n) is 16.8. The highest BCUT2D eigenvalue weighted by Gasteiger charge is 2.34. The number of likely N-dealkylation sites (tertiary alicyclic amines) is 1. The first-order valence-corrected chi connectivity index (χ1v) is 9.67. The van der Waals surface area contributed by atoms with E-state index in [-0.39, 0.29) is 11.9 Å². The van der Waals surface area contributed by atoms with Gasteiger partial charge in [-0.3, -0.25) is 9.20 Å². The molecule has 0 spiro atoms. The maximum atomic E-state index is 13.5. The van der Waals surface area contributed by atoms with E-state index in [1.807, 2.05) is 58.8 Å². The van der Waals surface area contributed by atoms with Crippen molar-refractivity contribution in [2.75, 3.05) is 20.8 Å². The van der Waals surface area contributed by atoms with Gasteiger partial charge < -0.3 is 14.4 Å². The number of ether oxygens (including phenoxy) is 2. The molecular weight excluding hydrogens is 368 g/mol. The Labute approximate surface area is 169 Å². The molecule has 1 fully saturated rings. The fourth-order valence-electron chi connectivity index (χ4n) is 3.95. The minimum absolute atomic E-state index is 0.0492. The van der Waals surface area contributed by atoms with E-state index in [1.165, 1.54) is 0 Å². The summed E-state index contributed by atoms with van der Waals surface area (Å²) in [6, 6.07) is 9.26. The van der Waals surface area contributed by atoms with Crippen LogP contribution in [-0.4, -0.2) is 46.2 Å². The molecule has 1 aliphatic rings. The van der Waals surface area contributed by atoms with Gasteiger partial charge in [0.15, 0.2) is 23.0 Å². The van der Waals surface area contributed by atoms with E-state index in [2.05, 4.69) is 10.2 Å². The normalized spacial score (nSPS) is 16.7. The predicted octanol–water partition coefficient (Wildman–Crippen LogP) is 3.76. The molecule has 3 heterocycles. The molecule has 1 aliphatic heterocycles. The molecule has 1 amide bonds. The monoisotopic (exact) mass is 392 g/mol. The summed E-state index contributed by atoms with van der Waals surface area (Å²) in [5.74, 6) is 1.89. The van der Waals surface area contributed by atoms with Crippen molar-refractivity contribution >= 4 is 17.6 Å². The van der Waals surface area contributed by atoms with Crippen LogP contribution in [-0.2, 0) is 0 Å². The first kappa shape index (κ1) is 19.0. The van der Waals surface area contributed by atoms with Gasteiger partial charge in [-0.05, 0) is 44.0 Å². The third-order valence-corrected chi connectivity index (χ3v) is 5.25. The number of nitrogens with zero attached hydrogens (tertiary/aromatic N) is 4. The molecule has 7 heteroatoms. The Morgan fingerprint density at radius 3 is 2.83 bits per heavy atom. The largest absolute Gasteiger partial charge is 0.493 e. The lowest BCUT2D eigenvalue weighted by molar-refractivity contribution is 0.0728. The fourth-order valence-corrected chi connectivity index (χ4v) is 3.95. The number of aromatic nitrogens is 3. The van der Waals surface area contributed by atoms with Gasteiger partial charge in [0.2, 0.25) is 0 Å². The molecule has 0 saturated carbocycles. The highest BCUT2D eigenvalue weighted by Crippen LogP contribution is 2.37. The number of rotatable bonds is 5. The van der Waals surface area contributed by atoms with Gasteiger partial charge in [0.05, 0.1) is 20.3 Å². The summed E-state index contributed by atoms with van der Waals surface area (Å²) < 4.78 is 12.9. The van der Waals surface area contributed by atoms with Crippen LogP contribution < -0.4 is 9.47 Å². The van der Waals surface area contributed by atoms with Crippen LogP contribution in [0.1, 0.15) is 47.6 Å². The second-order valence-electron chi connectivity index (χ2n) is 6.94. The maximum absolute atomic E-state index is 13.5. The number of allylic oxidation sites excluding steroid dienone is 1. The van der Waals surface area contributed by atoms with Gasteiger partial charge in [0.25, 0.3) is 5.91 Å². The van der Waals surface area contributed by atoms with Crippen molar-refractivity contribution in [1.82, 2.24) is 19.5 Å². The molecule has 1 unspecified atom stereocenters. The van der Waals surface area contributed by atoms with Crippen LogP contribution in [0, 0.1) is 0 Å². The molecule has 29 heavy (non-hydrogen) atoms. The van der Waals surface area contributed by atoms with Gasteiger partial charge in [-0.15, -0.1) is 10.2 Å². The van der Waals surface area contributed by atoms with E-state index in [9.17, 15) is 4.79 Å². The van der Waals surface area contributed by atoms with E-state index in [4.69, 9.17) is 9.47 Å². The Hall–Kier alpha value is -3.35. The third-order valence-electron chi connectivity index (χ3n) is 5.25. The number of pyridine rings is 1. The van der Waals surface area contributed by atoms with Crippen LogP contribution in [0.3, 0.4) is 0 Å². The lowest BCUT2D eigenvalue weighted by Gasteiger charge is -2.24. The van der Waals surface area contributed by atoms with Gasteiger partial charge >= 0.3 is 0 Å². The van der Waals surface area contributed by atoms with Crippen molar-refractivity contribution in [2.24, 2.45) is 0 Å². The first-order chi connectivity index (χ1) is 14.2. The molecule has 3 aromatic rings. The Balaban J connectivity index is 1.73. The van der Waals surface area contributed by atoms with Crippen molar-refractivity contribution in [3.8, 4) is 11.5 Å². The van der Waals surface area contributed by atoms with Crippen molar-refractivity contribution in [3.05, 3.63) is 59.6 Å². The zero-order valence-corrected chi connectivity index (χ0v) is 16.8. The fraction of sp³-hybridized carbons (Fsp3) is 0.318. The maximum Gasteiger partial charge on any atom is 0.254 e. The SMILES string of the molecule is C/C=C/c1cc(C(=O)N2CCCC2c2nnc3ccccn23)cc(OC)c1OC. The van der Waals surface area contributed by atoms with Crippen LogP contribution in [0.4, 0.5) is 0 Å². The van der Waals surface area contributed by atoms with E-state index in [0.29, 0.717) is 23.6 Å². The van der Waals surface area contributed by atoms with Crippen LogP contribution in [0.15, 0.2) is 42.6 Å². The van der Waals surface area contributed by atoms with Crippen LogP contribution in [0.2, 0.25) is 0 Å². The average Bonchev–Trinajstić information content (AvgIpc) is 3.39. The quantitative estimate of drug-likeness (QED) is 0.661. The number of hydrogen-bond acceptors (Lipinski definition) is 5. The average molecular weight is 392 g/mol. The number of amides is 1. The minimum Gasteiger partial charge on any atom is -0.493 e. The van der Waals surface area contributed by atoms with Gasteiger partial charge in [-0.25, -0.2) is 0 Å². The van der Waals surface area contributed by atoms with Gasteiger partial charge in [-0.2, -0.15) is 0 Å². The molecule has 150 valence electrons. The number of carbonyl (C=O) groups is 1. The van der Waals surface area contributed by atoms with E-state index in [1.54, 1.807) is 20.3 Å². The number of hydrogen-bond donors (Lipinski definition) is 0. The summed E-state index contributed by atoms with van der Waals surface area (Å²) >= 11 is 0. The summed E-state index contributed by atoms with van der Waals surface area (Å²) in [6.07, 6.45) is 7.54. The third kappa shape index (κ3) is 3.33. The Morgan fingerprint density at radius 2 is 2.07 bits per heavy atom. The Bertz CT molecular complexity index is 1070. The van der Waals surface area contributed by atoms with Crippen LogP contribution in [0.5, 0.6) is 11.5 Å². The zero-order chi connectivity index (χ0) is 20.4. The second-order valence-corrected chi connectivity index (χ2v) is 6.94. The molecular formula is C22H24N4O3. The molecule has 2 aromatic heterocycles. The smallest absolute Gasteiger partial charge is 0.254 e. The number of benzene rings is 1. The summed E-state index contributed by atoms with van der Waals surface area (Å²) in [5, 5.41) is 8.62. The lowest BCUT2D eigenvalue weighted by atomic mass is 10.1. The van der Waals surface area contributed by atoms with E-state index < -0.39 is 0 Å². The summed E-state index contributed by atoms with van der Waals surface area (Å²) in [6.45, 7) is 2.60. The van der Waals surface area contributed by atoms with Crippen molar-refractivity contribution < 1.29 is 14.3 Å². The molecule has 1 atom stereocenters. The van der Waals surface area contributed by atoms with E-state index >= 15 is 0 Å². The van der Waals surface area contributed by atoms with Crippen molar-refractivity contribution in [3.63, 3.8) is 0 Å². The van der Waals surface area contributed by atoms with Gasteiger partial charge in [-0.1, -0.05) is 18.2 Å². The number of fused-ring (bicyclic) bond motifs is 1. The highest BCUT2D eigenvalue weighted by atomic mass is 16.5. The first-order valence-electron chi connectivity index (χ1n) is 9.67. The Morgan fingerprint density at radius 1 is 1.21 bits per heavy atom. The van der Waals surface area contributed by atoms with Crippen LogP contribution in [0.25, 0.3) is 11.7 Å². The number of methoxy groups -OCH3 is 2. The lowest BCUT2D eigenvalue weighted by Crippen LogP contribution is -2.31. The minimum atomic E-state index is -0.113. The second kappa shape index (κ2) is 7.95. The summed E-state index contributed by atoms with van der Waals surface area (Å²) in [5.41, 5.74) is 2.15. The summed E-state index contributed by atoms with van der Waals surface area (Å²) in [7, 11) is 3.17. The highest BCUT2D eigenvalue weighted by molar-refractivity contribution is 5.96. The molecule has 4 rings (SSSR count). The van der Waals surface area contributed by atoms with Crippen molar-refractivity contribution in [2.45, 2.75) is 25.8 Å². The molecule has 0 bridgehead atoms. The van der Waals surface area contributed by atoms with Crippen LogP contribution >= 0.6 is 0 Å². The van der Waals surface area contributed by atoms with Crippen molar-refractivity contribution in [1.29, 1.82) is 0 Å². The van der Waals surface area contributed by atoms with Gasteiger partial charge in [0, 0.05) is 23.9 Å².